The second kappa shape index (κ2) is 11.7. The Labute approximate surface area is 202 Å². The lowest BCUT2D eigenvalue weighted by atomic mass is 10.2. The second-order valence-electron chi connectivity index (χ2n) is 6.43. The molecule has 10 heteroatoms. The van der Waals surface area contributed by atoms with E-state index in [9.17, 15) is 14.9 Å². The highest BCUT2D eigenvalue weighted by Gasteiger charge is 2.11. The van der Waals surface area contributed by atoms with Crippen molar-refractivity contribution in [3.63, 3.8) is 0 Å². The number of nitrogens with one attached hydrogen (secondary N) is 1. The van der Waals surface area contributed by atoms with Crippen molar-refractivity contribution in [1.29, 1.82) is 0 Å². The van der Waals surface area contributed by atoms with Crippen LogP contribution in [0.5, 0.6) is 5.75 Å². The lowest BCUT2D eigenvalue weighted by molar-refractivity contribution is -0.384. The van der Waals surface area contributed by atoms with Crippen LogP contribution in [-0.4, -0.2) is 22.8 Å². The largest absolute Gasteiger partial charge is 0.488 e. The number of hydrogen-bond donors (Lipinski definition) is 1. The maximum Gasteiger partial charge on any atom is 0.270 e. The predicted molar refractivity (Wildman–Crippen MR) is 129 cm³/mol. The lowest BCUT2D eigenvalue weighted by Gasteiger charge is -2.09. The van der Waals surface area contributed by atoms with Gasteiger partial charge in [0.2, 0.25) is 5.91 Å². The number of carbonyl (C=O) groups excluding carboxylic acids is 1. The monoisotopic (exact) mass is 533 g/mol. The number of nitro benzene ring substituents is 1. The maximum atomic E-state index is 12.1. The summed E-state index contributed by atoms with van der Waals surface area (Å²) in [6, 6.07) is 19.0. The van der Waals surface area contributed by atoms with Gasteiger partial charge in [0.1, 0.15) is 12.4 Å². The molecule has 3 aromatic rings. The molecule has 1 amide bonds. The van der Waals surface area contributed by atoms with E-state index in [1.165, 1.54) is 36.2 Å². The number of hydrazone groups is 1. The fraction of sp³-hybridized carbons (Fsp3) is 0.0909. The number of benzene rings is 3. The van der Waals surface area contributed by atoms with E-state index in [2.05, 4.69) is 26.5 Å². The quantitative estimate of drug-likeness (QED) is 0.161. The third-order valence-corrected chi connectivity index (χ3v) is 5.88. The van der Waals surface area contributed by atoms with Crippen LogP contribution in [0.4, 0.5) is 5.69 Å². The standard InChI is InChI=1S/C22H17BrClN3O4S/c23-17-3-1-15(2-4-17)13-31-21-10-7-19(27(29)30)11-16(21)12-25-26-22(28)14-32-20-8-5-18(24)6-9-20/h1-12H,13-14H2,(H,26,28)/b25-12-. The Bertz CT molecular complexity index is 1130. The van der Waals surface area contributed by atoms with Crippen molar-refractivity contribution in [2.45, 2.75) is 11.5 Å². The molecule has 0 saturated carbocycles. The van der Waals surface area contributed by atoms with Crippen LogP contribution in [0.3, 0.4) is 0 Å². The van der Waals surface area contributed by atoms with Crippen molar-refractivity contribution in [2.24, 2.45) is 5.10 Å². The normalized spacial score (nSPS) is 10.8. The van der Waals surface area contributed by atoms with Gasteiger partial charge in [-0.05, 0) is 48.0 Å². The number of ether oxygens (including phenoxy) is 1. The first kappa shape index (κ1) is 23.8. The van der Waals surface area contributed by atoms with E-state index in [1.807, 2.05) is 36.4 Å². The first-order valence-electron chi connectivity index (χ1n) is 9.26. The zero-order chi connectivity index (χ0) is 22.9. The molecule has 0 fully saturated rings. The van der Waals surface area contributed by atoms with Crippen LogP contribution in [0.1, 0.15) is 11.1 Å². The Morgan fingerprint density at radius 1 is 1.16 bits per heavy atom. The summed E-state index contributed by atoms with van der Waals surface area (Å²) in [7, 11) is 0. The van der Waals surface area contributed by atoms with Gasteiger partial charge in [0, 0.05) is 32.1 Å². The fourth-order valence-electron chi connectivity index (χ4n) is 2.51. The van der Waals surface area contributed by atoms with Crippen LogP contribution >= 0.6 is 39.3 Å². The molecule has 0 aliphatic rings. The van der Waals surface area contributed by atoms with E-state index < -0.39 is 4.92 Å². The number of thioether (sulfide) groups is 1. The molecule has 0 radical (unpaired) electrons. The van der Waals surface area contributed by atoms with E-state index >= 15 is 0 Å². The van der Waals surface area contributed by atoms with Crippen LogP contribution in [0.15, 0.2) is 81.2 Å². The molecule has 0 aromatic heterocycles. The van der Waals surface area contributed by atoms with E-state index in [0.717, 1.165) is 14.9 Å². The van der Waals surface area contributed by atoms with Gasteiger partial charge in [-0.3, -0.25) is 14.9 Å². The summed E-state index contributed by atoms with van der Waals surface area (Å²) in [6.07, 6.45) is 1.33. The van der Waals surface area contributed by atoms with Gasteiger partial charge < -0.3 is 4.74 Å². The van der Waals surface area contributed by atoms with Gasteiger partial charge in [-0.15, -0.1) is 11.8 Å². The van der Waals surface area contributed by atoms with Crippen molar-refractivity contribution < 1.29 is 14.5 Å². The van der Waals surface area contributed by atoms with Crippen LogP contribution in [0.2, 0.25) is 5.02 Å². The first-order chi connectivity index (χ1) is 15.4. The third kappa shape index (κ3) is 7.37. The summed E-state index contributed by atoms with van der Waals surface area (Å²) >= 11 is 10.6. The van der Waals surface area contributed by atoms with Crippen LogP contribution in [-0.2, 0) is 11.4 Å². The Kier molecular flexibility index (Phi) is 8.66. The molecular formula is C22H17BrClN3O4S. The molecule has 0 heterocycles. The van der Waals surface area contributed by atoms with E-state index in [-0.39, 0.29) is 24.0 Å². The average Bonchev–Trinajstić information content (AvgIpc) is 2.78. The molecule has 7 nitrogen and oxygen atoms in total. The molecule has 32 heavy (non-hydrogen) atoms. The summed E-state index contributed by atoms with van der Waals surface area (Å²) < 4.78 is 6.77. The van der Waals surface area contributed by atoms with Crippen molar-refractivity contribution >= 4 is 57.1 Å². The number of halogens is 2. The van der Waals surface area contributed by atoms with Gasteiger partial charge in [0.05, 0.1) is 16.9 Å². The molecule has 0 unspecified atom stereocenters. The second-order valence-corrected chi connectivity index (χ2v) is 8.83. The van der Waals surface area contributed by atoms with Gasteiger partial charge in [-0.1, -0.05) is 39.7 Å². The number of nitro groups is 1. The number of rotatable bonds is 9. The van der Waals surface area contributed by atoms with Crippen LogP contribution in [0.25, 0.3) is 0 Å². The molecule has 3 rings (SSSR count). The SMILES string of the molecule is O=C(CSc1ccc(Cl)cc1)N/N=C\c1cc([N+](=O)[O-])ccc1OCc1ccc(Br)cc1. The Morgan fingerprint density at radius 3 is 2.56 bits per heavy atom. The average molecular weight is 535 g/mol. The molecule has 0 saturated heterocycles. The van der Waals surface area contributed by atoms with Crippen molar-refractivity contribution in [1.82, 2.24) is 5.43 Å². The van der Waals surface area contributed by atoms with Crippen molar-refractivity contribution in [2.75, 3.05) is 5.75 Å². The molecule has 3 aromatic carbocycles. The molecule has 0 aliphatic heterocycles. The van der Waals surface area contributed by atoms with E-state index in [0.29, 0.717) is 16.3 Å². The number of amides is 1. The lowest BCUT2D eigenvalue weighted by Crippen LogP contribution is -2.19. The summed E-state index contributed by atoms with van der Waals surface area (Å²) in [6.45, 7) is 0.274. The van der Waals surface area contributed by atoms with Crippen LogP contribution < -0.4 is 10.2 Å². The molecular weight excluding hydrogens is 518 g/mol. The van der Waals surface area contributed by atoms with Crippen molar-refractivity contribution in [3.8, 4) is 5.75 Å². The smallest absolute Gasteiger partial charge is 0.270 e. The molecule has 0 atom stereocenters. The van der Waals surface area contributed by atoms with Gasteiger partial charge in [0.25, 0.3) is 5.69 Å². The highest BCUT2D eigenvalue weighted by molar-refractivity contribution is 9.10. The highest BCUT2D eigenvalue weighted by atomic mass is 79.9. The predicted octanol–water partition coefficient (Wildman–Crippen LogP) is 5.83. The minimum Gasteiger partial charge on any atom is -0.488 e. The van der Waals surface area contributed by atoms with Gasteiger partial charge in [0.15, 0.2) is 0 Å². The summed E-state index contributed by atoms with van der Waals surface area (Å²) in [5, 5.41) is 15.7. The number of nitrogens with zero attached hydrogens (tertiary/aromatic N) is 2. The van der Waals surface area contributed by atoms with E-state index in [1.54, 1.807) is 12.1 Å². The van der Waals surface area contributed by atoms with Crippen LogP contribution in [0, 0.1) is 10.1 Å². The fourth-order valence-corrected chi connectivity index (χ4v) is 3.59. The summed E-state index contributed by atoms with van der Waals surface area (Å²) in [5.41, 5.74) is 3.63. The minimum atomic E-state index is -0.503. The number of carbonyl (C=O) groups is 1. The van der Waals surface area contributed by atoms with Crippen molar-refractivity contribution in [3.05, 3.63) is 97.5 Å². The zero-order valence-corrected chi connectivity index (χ0v) is 19.7. The topological polar surface area (TPSA) is 93.8 Å². The Morgan fingerprint density at radius 2 is 1.88 bits per heavy atom. The van der Waals surface area contributed by atoms with Gasteiger partial charge in [-0.2, -0.15) is 5.10 Å². The van der Waals surface area contributed by atoms with E-state index in [4.69, 9.17) is 16.3 Å². The Balaban J connectivity index is 1.63. The molecule has 0 spiro atoms. The summed E-state index contributed by atoms with van der Waals surface area (Å²) in [4.78, 5) is 23.6. The van der Waals surface area contributed by atoms with Gasteiger partial charge >= 0.3 is 0 Å². The minimum absolute atomic E-state index is 0.105. The summed E-state index contributed by atoms with van der Waals surface area (Å²) in [5.74, 6) is 0.247. The van der Waals surface area contributed by atoms with Gasteiger partial charge in [-0.25, -0.2) is 5.43 Å². The molecule has 0 bridgehead atoms. The zero-order valence-electron chi connectivity index (χ0n) is 16.5. The third-order valence-electron chi connectivity index (χ3n) is 4.09. The molecule has 164 valence electrons. The number of non-ortho nitro benzene ring substituents is 1. The first-order valence-corrected chi connectivity index (χ1v) is 11.4. The Hall–Kier alpha value is -2.88. The maximum absolute atomic E-state index is 12.1. The highest BCUT2D eigenvalue weighted by Crippen LogP contribution is 2.24. The molecule has 1 N–H and O–H groups in total. The number of hydrogen-bond acceptors (Lipinski definition) is 6. The molecule has 0 aliphatic carbocycles.